The molecule has 6 nitrogen and oxygen atoms in total. The number of para-hydroxylation sites is 2. The van der Waals surface area contributed by atoms with E-state index in [9.17, 15) is 4.79 Å². The third-order valence-corrected chi connectivity index (χ3v) is 3.35. The lowest BCUT2D eigenvalue weighted by molar-refractivity contribution is 0.123. The van der Waals surface area contributed by atoms with Crippen molar-refractivity contribution in [2.24, 2.45) is 0 Å². The molecule has 0 spiro atoms. The first-order valence-corrected chi connectivity index (χ1v) is 7.28. The van der Waals surface area contributed by atoms with E-state index in [0.717, 1.165) is 44.2 Å². The summed E-state index contributed by atoms with van der Waals surface area (Å²) in [6, 6.07) is 7.70. The average molecular weight is 292 g/mol. The maximum atomic E-state index is 11.9. The molecule has 0 atom stereocenters. The number of nitrogens with one attached hydrogen (secondary N) is 2. The fourth-order valence-corrected chi connectivity index (χ4v) is 2.22. The van der Waals surface area contributed by atoms with Crippen molar-refractivity contribution in [1.82, 2.24) is 10.2 Å². The monoisotopic (exact) mass is 292 g/mol. The molecule has 6 heteroatoms. The predicted molar refractivity (Wildman–Crippen MR) is 85.0 cm³/mol. The molecule has 1 aromatic rings. The second-order valence-electron chi connectivity index (χ2n) is 5.30. The van der Waals surface area contributed by atoms with Crippen LogP contribution in [0.5, 0.6) is 0 Å². The maximum absolute atomic E-state index is 11.9. The molecular formula is C15H24N4O2. The summed E-state index contributed by atoms with van der Waals surface area (Å²) in [5.74, 6) is 0. The number of hydrogen-bond acceptors (Lipinski definition) is 4. The number of hydrogen-bond donors (Lipinski definition) is 2. The van der Waals surface area contributed by atoms with E-state index in [1.807, 2.05) is 43.3 Å². The lowest BCUT2D eigenvalue weighted by Crippen LogP contribution is -2.38. The molecular weight excluding hydrogens is 268 g/mol. The van der Waals surface area contributed by atoms with Crippen LogP contribution in [0.4, 0.5) is 16.2 Å². The van der Waals surface area contributed by atoms with Crippen LogP contribution in [0.2, 0.25) is 0 Å². The molecule has 1 saturated heterocycles. The molecule has 0 aromatic heterocycles. The Morgan fingerprint density at radius 1 is 1.29 bits per heavy atom. The van der Waals surface area contributed by atoms with Gasteiger partial charge in [-0.25, -0.2) is 4.79 Å². The minimum Gasteiger partial charge on any atom is -0.378 e. The fourth-order valence-electron chi connectivity index (χ4n) is 2.22. The fraction of sp³-hybridized carbons (Fsp3) is 0.533. The zero-order chi connectivity index (χ0) is 15.1. The Bertz CT molecular complexity index is 459. The highest BCUT2D eigenvalue weighted by Gasteiger charge is 2.15. The van der Waals surface area contributed by atoms with Crippen molar-refractivity contribution in [3.05, 3.63) is 24.3 Å². The van der Waals surface area contributed by atoms with Crippen LogP contribution in [0.3, 0.4) is 0 Å². The van der Waals surface area contributed by atoms with Gasteiger partial charge in [0, 0.05) is 26.2 Å². The van der Waals surface area contributed by atoms with Crippen LogP contribution in [0.25, 0.3) is 0 Å². The smallest absolute Gasteiger partial charge is 0.319 e. The summed E-state index contributed by atoms with van der Waals surface area (Å²) in [5.41, 5.74) is 1.88. The van der Waals surface area contributed by atoms with Crippen LogP contribution in [0, 0.1) is 0 Å². The summed E-state index contributed by atoms with van der Waals surface area (Å²) >= 11 is 0. The number of nitrogens with zero attached hydrogens (tertiary/aromatic N) is 2. The van der Waals surface area contributed by atoms with Crippen molar-refractivity contribution in [2.75, 3.05) is 63.7 Å². The molecule has 2 N–H and O–H groups in total. The second-order valence-corrected chi connectivity index (χ2v) is 5.30. The van der Waals surface area contributed by atoms with Gasteiger partial charge in [0.2, 0.25) is 0 Å². The van der Waals surface area contributed by atoms with Gasteiger partial charge in [0.1, 0.15) is 0 Å². The summed E-state index contributed by atoms with van der Waals surface area (Å²) in [4.78, 5) is 16.2. The van der Waals surface area contributed by atoms with Crippen LogP contribution in [0.15, 0.2) is 24.3 Å². The Balaban J connectivity index is 1.94. The standard InChI is InChI=1S/C15H24N4O2/c1-18(2)8-7-16-15(20)17-13-5-3-4-6-14(13)19-9-11-21-12-10-19/h3-6H,7-12H2,1-2H3,(H2,16,17,20). The highest BCUT2D eigenvalue weighted by atomic mass is 16.5. The van der Waals surface area contributed by atoms with Gasteiger partial charge in [0.15, 0.2) is 0 Å². The normalized spacial score (nSPS) is 15.1. The zero-order valence-corrected chi connectivity index (χ0v) is 12.8. The molecule has 116 valence electrons. The van der Waals surface area contributed by atoms with Crippen molar-refractivity contribution < 1.29 is 9.53 Å². The number of amides is 2. The Kier molecular flexibility index (Phi) is 5.83. The number of rotatable bonds is 5. The van der Waals surface area contributed by atoms with E-state index in [-0.39, 0.29) is 6.03 Å². The second kappa shape index (κ2) is 7.85. The molecule has 2 amide bonds. The zero-order valence-electron chi connectivity index (χ0n) is 12.8. The number of anilines is 2. The van der Waals surface area contributed by atoms with Gasteiger partial charge in [-0.3, -0.25) is 0 Å². The molecule has 0 saturated carbocycles. The Labute approximate surface area is 126 Å². The predicted octanol–water partition coefficient (Wildman–Crippen LogP) is 1.21. The van der Waals surface area contributed by atoms with Gasteiger partial charge in [0.25, 0.3) is 0 Å². The van der Waals surface area contributed by atoms with Gasteiger partial charge >= 0.3 is 6.03 Å². The van der Waals surface area contributed by atoms with E-state index in [2.05, 4.69) is 15.5 Å². The summed E-state index contributed by atoms with van der Waals surface area (Å²) < 4.78 is 5.37. The van der Waals surface area contributed by atoms with Crippen LogP contribution in [0.1, 0.15) is 0 Å². The van der Waals surface area contributed by atoms with Crippen molar-refractivity contribution in [1.29, 1.82) is 0 Å². The Hall–Kier alpha value is -1.79. The lowest BCUT2D eigenvalue weighted by atomic mass is 10.2. The Morgan fingerprint density at radius 2 is 2.00 bits per heavy atom. The highest BCUT2D eigenvalue weighted by Crippen LogP contribution is 2.26. The molecule has 1 aliphatic heterocycles. The molecule has 0 bridgehead atoms. The van der Waals surface area contributed by atoms with Gasteiger partial charge in [-0.15, -0.1) is 0 Å². The van der Waals surface area contributed by atoms with Crippen molar-refractivity contribution in [3.63, 3.8) is 0 Å². The minimum absolute atomic E-state index is 0.169. The number of benzene rings is 1. The first-order valence-electron chi connectivity index (χ1n) is 7.28. The molecule has 0 unspecified atom stereocenters. The molecule has 1 aliphatic rings. The molecule has 1 aromatic carbocycles. The van der Waals surface area contributed by atoms with E-state index < -0.39 is 0 Å². The molecule has 2 rings (SSSR count). The van der Waals surface area contributed by atoms with E-state index in [1.54, 1.807) is 0 Å². The molecule has 1 fully saturated rings. The molecule has 0 aliphatic carbocycles. The van der Waals surface area contributed by atoms with E-state index in [4.69, 9.17) is 4.74 Å². The third kappa shape index (κ3) is 4.91. The molecule has 1 heterocycles. The SMILES string of the molecule is CN(C)CCNC(=O)Nc1ccccc1N1CCOCC1. The van der Waals surface area contributed by atoms with Gasteiger partial charge in [-0.1, -0.05) is 12.1 Å². The quantitative estimate of drug-likeness (QED) is 0.856. The van der Waals surface area contributed by atoms with Gasteiger partial charge in [0.05, 0.1) is 24.6 Å². The van der Waals surface area contributed by atoms with Crippen LogP contribution >= 0.6 is 0 Å². The molecule has 0 radical (unpaired) electrons. The average Bonchev–Trinajstić information content (AvgIpc) is 2.48. The Morgan fingerprint density at radius 3 is 2.71 bits per heavy atom. The van der Waals surface area contributed by atoms with Gasteiger partial charge in [-0.2, -0.15) is 0 Å². The first-order chi connectivity index (χ1) is 10.2. The summed E-state index contributed by atoms with van der Waals surface area (Å²) in [7, 11) is 3.96. The van der Waals surface area contributed by atoms with E-state index >= 15 is 0 Å². The van der Waals surface area contributed by atoms with Gasteiger partial charge < -0.3 is 25.2 Å². The number of likely N-dealkylation sites (N-methyl/N-ethyl adjacent to an activating group) is 1. The summed E-state index contributed by atoms with van der Waals surface area (Å²) in [5, 5.41) is 5.79. The van der Waals surface area contributed by atoms with Crippen molar-refractivity contribution >= 4 is 17.4 Å². The third-order valence-electron chi connectivity index (χ3n) is 3.35. The first kappa shape index (κ1) is 15.6. The minimum atomic E-state index is -0.169. The number of ether oxygens (including phenoxy) is 1. The number of morpholine rings is 1. The number of carbonyl (C=O) groups is 1. The highest BCUT2D eigenvalue weighted by molar-refractivity contribution is 5.93. The largest absolute Gasteiger partial charge is 0.378 e. The van der Waals surface area contributed by atoms with Crippen LogP contribution in [-0.4, -0.2) is 64.4 Å². The lowest BCUT2D eigenvalue weighted by Gasteiger charge is -2.30. The van der Waals surface area contributed by atoms with E-state index in [1.165, 1.54) is 0 Å². The number of urea groups is 1. The van der Waals surface area contributed by atoms with Gasteiger partial charge in [-0.05, 0) is 26.2 Å². The molecule has 21 heavy (non-hydrogen) atoms. The number of carbonyl (C=O) groups excluding carboxylic acids is 1. The maximum Gasteiger partial charge on any atom is 0.319 e. The van der Waals surface area contributed by atoms with Crippen LogP contribution < -0.4 is 15.5 Å². The summed E-state index contributed by atoms with van der Waals surface area (Å²) in [6.07, 6.45) is 0. The van der Waals surface area contributed by atoms with Crippen molar-refractivity contribution in [3.8, 4) is 0 Å². The topological polar surface area (TPSA) is 56.8 Å². The van der Waals surface area contributed by atoms with Crippen molar-refractivity contribution in [2.45, 2.75) is 0 Å². The van der Waals surface area contributed by atoms with E-state index in [0.29, 0.717) is 6.54 Å². The van der Waals surface area contributed by atoms with Crippen LogP contribution in [-0.2, 0) is 4.74 Å². The summed E-state index contributed by atoms with van der Waals surface area (Å²) in [6.45, 7) is 4.59.